The molecule has 0 atom stereocenters. The van der Waals surface area contributed by atoms with Crippen LogP contribution in [0.4, 0.5) is 0 Å². The minimum Gasteiger partial charge on any atom is -0.330 e. The van der Waals surface area contributed by atoms with Gasteiger partial charge in [0.15, 0.2) is 0 Å². The number of carbonyl (C=O) groups is 2. The molecule has 1 aliphatic rings. The molecule has 0 radical (unpaired) electrons. The molecule has 2 amide bonds. The molecule has 1 heterocycles. The lowest BCUT2D eigenvalue weighted by molar-refractivity contribution is 0.0607. The third-order valence-corrected chi connectivity index (χ3v) is 7.57. The number of hydrogen-bond acceptors (Lipinski definition) is 3. The van der Waals surface area contributed by atoms with Crippen molar-refractivity contribution in [2.75, 3.05) is 13.1 Å². The molecule has 0 aromatic heterocycles. The molecule has 0 unspecified atom stereocenters. The van der Waals surface area contributed by atoms with Gasteiger partial charge in [-0.1, -0.05) is 105 Å². The number of nitrogens with two attached hydrogens (primary N) is 1. The van der Waals surface area contributed by atoms with Gasteiger partial charge < -0.3 is 5.73 Å². The Morgan fingerprint density at radius 1 is 0.611 bits per heavy atom. The maximum absolute atomic E-state index is 13.6. The molecule has 198 valence electrons. The fraction of sp³-hybridized carbons (Fsp3) is 0.625. The van der Waals surface area contributed by atoms with Crippen LogP contribution in [-0.2, 0) is 10.8 Å². The van der Waals surface area contributed by atoms with Crippen molar-refractivity contribution in [2.24, 2.45) is 5.73 Å². The summed E-state index contributed by atoms with van der Waals surface area (Å²) in [6.07, 6.45) is 11.8. The van der Waals surface area contributed by atoms with Crippen molar-refractivity contribution in [1.82, 2.24) is 4.90 Å². The van der Waals surface area contributed by atoms with Gasteiger partial charge >= 0.3 is 0 Å². The van der Waals surface area contributed by atoms with Crippen LogP contribution in [0.3, 0.4) is 0 Å². The van der Waals surface area contributed by atoms with Gasteiger partial charge in [0, 0.05) is 23.1 Å². The second-order valence-electron chi connectivity index (χ2n) is 12.7. The molecule has 1 aliphatic heterocycles. The molecule has 0 saturated carbocycles. The van der Waals surface area contributed by atoms with Crippen LogP contribution in [0.25, 0.3) is 10.8 Å². The first-order valence-electron chi connectivity index (χ1n) is 14.1. The van der Waals surface area contributed by atoms with E-state index in [1.807, 2.05) is 12.1 Å². The Balaban J connectivity index is 1.71. The van der Waals surface area contributed by atoms with Gasteiger partial charge in [-0.25, -0.2) is 0 Å². The number of benzene rings is 2. The Bertz CT molecular complexity index is 1000. The zero-order valence-corrected chi connectivity index (χ0v) is 23.6. The lowest BCUT2D eigenvalue weighted by atomic mass is 9.79. The highest BCUT2D eigenvalue weighted by atomic mass is 16.2. The van der Waals surface area contributed by atoms with E-state index >= 15 is 0 Å². The standard InChI is InChI=1S/C32H48N2O2/c1-31(2,3)24-19-23-20-25(32(4,5)6)22-27-28(23)26(21-24)29(35)34(30(27)36)18-16-14-12-10-8-7-9-11-13-15-17-33/h19-22H,7-18,33H2,1-6H3. The quantitative estimate of drug-likeness (QED) is 0.242. The van der Waals surface area contributed by atoms with Crippen LogP contribution in [0.15, 0.2) is 24.3 Å². The molecule has 36 heavy (non-hydrogen) atoms. The van der Waals surface area contributed by atoms with Crippen molar-refractivity contribution in [3.05, 3.63) is 46.5 Å². The number of rotatable bonds is 12. The molecule has 0 saturated heterocycles. The average Bonchev–Trinajstić information content (AvgIpc) is 2.80. The molecule has 2 N–H and O–H groups in total. The largest absolute Gasteiger partial charge is 0.330 e. The molecule has 2 aromatic rings. The smallest absolute Gasteiger partial charge is 0.261 e. The summed E-state index contributed by atoms with van der Waals surface area (Å²) in [5.74, 6) is -0.269. The van der Waals surface area contributed by atoms with E-state index in [-0.39, 0.29) is 22.6 Å². The van der Waals surface area contributed by atoms with E-state index in [0.29, 0.717) is 17.7 Å². The third kappa shape index (κ3) is 6.76. The second kappa shape index (κ2) is 11.9. The molecule has 4 heteroatoms. The van der Waals surface area contributed by atoms with Crippen LogP contribution in [-0.4, -0.2) is 29.8 Å². The van der Waals surface area contributed by atoms with Crippen molar-refractivity contribution in [3.63, 3.8) is 0 Å². The highest BCUT2D eigenvalue weighted by Crippen LogP contribution is 2.38. The fourth-order valence-corrected chi connectivity index (χ4v) is 5.13. The first-order chi connectivity index (χ1) is 16.9. The topological polar surface area (TPSA) is 63.4 Å². The van der Waals surface area contributed by atoms with Crippen molar-refractivity contribution in [1.29, 1.82) is 0 Å². The molecule has 0 bridgehead atoms. The predicted octanol–water partition coefficient (Wildman–Crippen LogP) is 7.89. The number of amides is 2. The van der Waals surface area contributed by atoms with Gasteiger partial charge in [0.2, 0.25) is 0 Å². The highest BCUT2D eigenvalue weighted by Gasteiger charge is 2.35. The summed E-state index contributed by atoms with van der Waals surface area (Å²) in [6.45, 7) is 14.3. The zero-order valence-electron chi connectivity index (χ0n) is 23.6. The number of carbonyl (C=O) groups excluding carboxylic acids is 2. The normalized spacial score (nSPS) is 14.2. The summed E-state index contributed by atoms with van der Waals surface area (Å²) in [5.41, 5.74) is 9.01. The minimum atomic E-state index is -0.135. The average molecular weight is 493 g/mol. The van der Waals surface area contributed by atoms with Gasteiger partial charge in [-0.2, -0.15) is 0 Å². The molecule has 0 aliphatic carbocycles. The van der Waals surface area contributed by atoms with Crippen molar-refractivity contribution in [3.8, 4) is 0 Å². The lowest BCUT2D eigenvalue weighted by Gasteiger charge is -2.31. The van der Waals surface area contributed by atoms with Crippen molar-refractivity contribution < 1.29 is 9.59 Å². The van der Waals surface area contributed by atoms with Crippen LogP contribution in [0.2, 0.25) is 0 Å². The van der Waals surface area contributed by atoms with Crippen LogP contribution < -0.4 is 5.73 Å². The molecular formula is C32H48N2O2. The number of nitrogens with zero attached hydrogens (tertiary/aromatic N) is 1. The van der Waals surface area contributed by atoms with E-state index in [9.17, 15) is 9.59 Å². The van der Waals surface area contributed by atoms with E-state index in [2.05, 4.69) is 53.7 Å². The van der Waals surface area contributed by atoms with E-state index in [1.54, 1.807) is 0 Å². The molecule has 0 spiro atoms. The van der Waals surface area contributed by atoms with Crippen molar-refractivity contribution in [2.45, 2.75) is 117 Å². The summed E-state index contributed by atoms with van der Waals surface area (Å²) in [5, 5.41) is 1.83. The molecule has 2 aromatic carbocycles. The van der Waals surface area contributed by atoms with Gasteiger partial charge in [0.1, 0.15) is 0 Å². The van der Waals surface area contributed by atoms with E-state index in [0.717, 1.165) is 54.1 Å². The SMILES string of the molecule is CC(C)(C)c1cc2c3c(cc(C(C)(C)C)cc3c1)C(=O)N(CCCCCCCCCCCCN)C2=O. The van der Waals surface area contributed by atoms with E-state index in [1.165, 1.54) is 43.4 Å². The molecule has 0 fully saturated rings. The van der Waals surface area contributed by atoms with E-state index < -0.39 is 0 Å². The van der Waals surface area contributed by atoms with Crippen LogP contribution in [0.1, 0.15) is 138 Å². The highest BCUT2D eigenvalue weighted by molar-refractivity contribution is 6.25. The van der Waals surface area contributed by atoms with Gasteiger partial charge in [-0.05, 0) is 58.9 Å². The zero-order chi connectivity index (χ0) is 26.5. The summed E-state index contributed by atoms with van der Waals surface area (Å²) in [6, 6.07) is 8.40. The number of hydrogen-bond donors (Lipinski definition) is 1. The second-order valence-corrected chi connectivity index (χ2v) is 12.7. The molecular weight excluding hydrogens is 444 g/mol. The third-order valence-electron chi connectivity index (χ3n) is 7.57. The Kier molecular flexibility index (Phi) is 9.38. The minimum absolute atomic E-state index is 0.0838. The summed E-state index contributed by atoms with van der Waals surface area (Å²) in [4.78, 5) is 28.7. The van der Waals surface area contributed by atoms with Crippen molar-refractivity contribution >= 4 is 22.6 Å². The summed E-state index contributed by atoms with van der Waals surface area (Å²) >= 11 is 0. The maximum atomic E-state index is 13.6. The van der Waals surface area contributed by atoms with Gasteiger partial charge in [-0.3, -0.25) is 14.5 Å². The Labute approximate surface area is 219 Å². The molecule has 3 rings (SSSR count). The fourth-order valence-electron chi connectivity index (χ4n) is 5.13. The van der Waals surface area contributed by atoms with Crippen LogP contribution >= 0.6 is 0 Å². The Morgan fingerprint density at radius 2 is 1.00 bits per heavy atom. The predicted molar refractivity (Wildman–Crippen MR) is 152 cm³/mol. The molecule has 4 nitrogen and oxygen atoms in total. The summed E-state index contributed by atoms with van der Waals surface area (Å²) < 4.78 is 0. The van der Waals surface area contributed by atoms with Gasteiger partial charge in [0.05, 0.1) is 0 Å². The maximum Gasteiger partial charge on any atom is 0.261 e. The van der Waals surface area contributed by atoms with Gasteiger partial charge in [-0.15, -0.1) is 0 Å². The Hall–Kier alpha value is -2.20. The summed E-state index contributed by atoms with van der Waals surface area (Å²) in [7, 11) is 0. The lowest BCUT2D eigenvalue weighted by Crippen LogP contribution is -2.41. The van der Waals surface area contributed by atoms with Crippen LogP contribution in [0.5, 0.6) is 0 Å². The van der Waals surface area contributed by atoms with E-state index in [4.69, 9.17) is 5.73 Å². The first kappa shape index (κ1) is 28.4. The van der Waals surface area contributed by atoms with Gasteiger partial charge in [0.25, 0.3) is 11.8 Å². The van der Waals surface area contributed by atoms with Crippen LogP contribution in [0, 0.1) is 0 Å². The monoisotopic (exact) mass is 492 g/mol. The number of imide groups is 1. The Morgan fingerprint density at radius 3 is 1.39 bits per heavy atom. The first-order valence-corrected chi connectivity index (χ1v) is 14.1. The number of unbranched alkanes of at least 4 members (excludes halogenated alkanes) is 9.